The molecule has 2 N–H and O–H groups in total. The van der Waals surface area contributed by atoms with Crippen molar-refractivity contribution in [3.63, 3.8) is 0 Å². The van der Waals surface area contributed by atoms with E-state index in [1.807, 2.05) is 29.2 Å². The molecule has 90 valence electrons. The highest BCUT2D eigenvalue weighted by Crippen LogP contribution is 2.30. The van der Waals surface area contributed by atoms with E-state index in [4.69, 9.17) is 10.5 Å². The van der Waals surface area contributed by atoms with Crippen LogP contribution in [-0.4, -0.2) is 29.6 Å². The van der Waals surface area contributed by atoms with Gasteiger partial charge in [-0.25, -0.2) is 0 Å². The van der Waals surface area contributed by atoms with E-state index in [0.717, 1.165) is 17.5 Å². The van der Waals surface area contributed by atoms with E-state index in [2.05, 4.69) is 0 Å². The third-order valence-electron chi connectivity index (χ3n) is 3.65. The number of carbonyl (C=O) groups is 1. The third kappa shape index (κ3) is 1.73. The van der Waals surface area contributed by atoms with Crippen LogP contribution in [0.3, 0.4) is 0 Å². The lowest BCUT2D eigenvalue weighted by Gasteiger charge is -2.27. The molecule has 2 fully saturated rings. The fraction of sp³-hybridized carbons (Fsp3) is 0.462. The minimum atomic E-state index is -0.190. The monoisotopic (exact) mass is 232 g/mol. The Hall–Kier alpha value is -1.39. The van der Waals surface area contributed by atoms with Gasteiger partial charge in [0.2, 0.25) is 0 Å². The molecule has 0 radical (unpaired) electrons. The lowest BCUT2D eigenvalue weighted by molar-refractivity contribution is -0.144. The number of carbonyl (C=O) groups excluding carboxylic acids is 1. The maximum Gasteiger partial charge on any atom is 0.252 e. The Balaban J connectivity index is 1.81. The molecule has 1 aromatic carbocycles. The van der Waals surface area contributed by atoms with Crippen LogP contribution in [0.1, 0.15) is 17.5 Å². The summed E-state index contributed by atoms with van der Waals surface area (Å²) >= 11 is 0. The molecule has 2 unspecified atom stereocenters. The highest BCUT2D eigenvalue weighted by molar-refractivity contribution is 5.84. The van der Waals surface area contributed by atoms with Crippen LogP contribution < -0.4 is 5.73 Å². The number of morpholine rings is 1. The number of nitrogens with two attached hydrogens (primary N) is 1. The molecule has 0 saturated carbocycles. The fourth-order valence-corrected chi connectivity index (χ4v) is 2.67. The molecule has 2 saturated heterocycles. The van der Waals surface area contributed by atoms with Gasteiger partial charge in [-0.15, -0.1) is 0 Å². The molecule has 2 atom stereocenters. The second-order valence-corrected chi connectivity index (χ2v) is 4.65. The number of nitrogens with zero attached hydrogens (tertiary/aromatic N) is 1. The molecule has 0 spiro atoms. The van der Waals surface area contributed by atoms with Crippen molar-refractivity contribution in [1.29, 1.82) is 0 Å². The largest absolute Gasteiger partial charge is 0.366 e. The summed E-state index contributed by atoms with van der Waals surface area (Å²) in [7, 11) is 0. The maximum absolute atomic E-state index is 11.9. The summed E-state index contributed by atoms with van der Waals surface area (Å²) in [6.07, 6.45) is 0.661. The summed E-state index contributed by atoms with van der Waals surface area (Å²) in [5.74, 6) is 0.132. The Bertz CT molecular complexity index is 447. The average Bonchev–Trinajstić information content (AvgIpc) is 2.93. The van der Waals surface area contributed by atoms with Crippen LogP contribution in [0.4, 0.5) is 0 Å². The zero-order valence-electron chi connectivity index (χ0n) is 9.63. The Labute approximate surface area is 100 Å². The molecule has 0 aliphatic carbocycles. The topological polar surface area (TPSA) is 55.6 Å². The zero-order valence-corrected chi connectivity index (χ0v) is 9.63. The Morgan fingerprint density at radius 3 is 2.76 bits per heavy atom. The molecule has 17 heavy (non-hydrogen) atoms. The van der Waals surface area contributed by atoms with Crippen molar-refractivity contribution >= 4 is 5.91 Å². The van der Waals surface area contributed by atoms with Crippen LogP contribution in [0, 0.1) is 0 Å². The van der Waals surface area contributed by atoms with Gasteiger partial charge in [-0.05, 0) is 11.1 Å². The summed E-state index contributed by atoms with van der Waals surface area (Å²) in [6.45, 7) is 1.86. The van der Waals surface area contributed by atoms with E-state index in [1.54, 1.807) is 0 Å². The minimum absolute atomic E-state index is 0.132. The Kier molecular flexibility index (Phi) is 2.61. The van der Waals surface area contributed by atoms with Gasteiger partial charge in [0.1, 0.15) is 6.10 Å². The number of hydrogen-bond acceptors (Lipinski definition) is 3. The van der Waals surface area contributed by atoms with E-state index < -0.39 is 0 Å². The van der Waals surface area contributed by atoms with Crippen LogP contribution in [0.25, 0.3) is 0 Å². The molecule has 4 nitrogen and oxygen atoms in total. The van der Waals surface area contributed by atoms with E-state index in [-0.39, 0.29) is 18.1 Å². The van der Waals surface area contributed by atoms with E-state index in [9.17, 15) is 4.79 Å². The average molecular weight is 232 g/mol. The van der Waals surface area contributed by atoms with Crippen LogP contribution in [0.2, 0.25) is 0 Å². The Morgan fingerprint density at radius 2 is 2.12 bits per heavy atom. The first-order valence-electron chi connectivity index (χ1n) is 5.98. The zero-order chi connectivity index (χ0) is 11.8. The van der Waals surface area contributed by atoms with Gasteiger partial charge >= 0.3 is 0 Å². The first-order valence-corrected chi connectivity index (χ1v) is 5.98. The highest BCUT2D eigenvalue weighted by atomic mass is 16.5. The summed E-state index contributed by atoms with van der Waals surface area (Å²) < 4.78 is 5.37. The summed E-state index contributed by atoms with van der Waals surface area (Å²) in [6, 6.07) is 8.29. The molecule has 2 aliphatic heterocycles. The van der Waals surface area contributed by atoms with Crippen molar-refractivity contribution in [3.8, 4) is 0 Å². The number of benzene rings is 1. The quantitative estimate of drug-likeness (QED) is 0.832. The summed E-state index contributed by atoms with van der Waals surface area (Å²) in [4.78, 5) is 13.9. The van der Waals surface area contributed by atoms with Gasteiger partial charge in [0.25, 0.3) is 5.91 Å². The van der Waals surface area contributed by atoms with E-state index in [0.29, 0.717) is 19.7 Å². The van der Waals surface area contributed by atoms with Crippen LogP contribution in [0.5, 0.6) is 0 Å². The van der Waals surface area contributed by atoms with Gasteiger partial charge in [0.15, 0.2) is 0 Å². The predicted molar refractivity (Wildman–Crippen MR) is 63.0 cm³/mol. The normalized spacial score (nSPS) is 26.9. The molecule has 3 rings (SSSR count). The molecule has 4 heteroatoms. The molecular weight excluding hydrogens is 216 g/mol. The van der Waals surface area contributed by atoms with Gasteiger partial charge in [0, 0.05) is 19.5 Å². The van der Waals surface area contributed by atoms with Gasteiger partial charge in [-0.1, -0.05) is 24.3 Å². The SMILES string of the molecule is NCc1ccccc1CN1C(=O)C2CC1CO2. The smallest absolute Gasteiger partial charge is 0.252 e. The summed E-state index contributed by atoms with van der Waals surface area (Å²) in [5.41, 5.74) is 7.97. The number of fused-ring (bicyclic) bond motifs is 2. The Morgan fingerprint density at radius 1 is 1.35 bits per heavy atom. The lowest BCUT2D eigenvalue weighted by Crippen LogP contribution is -2.41. The molecule has 1 aromatic rings. The molecule has 1 amide bonds. The number of likely N-dealkylation sites (tertiary alicyclic amines) is 1. The number of rotatable bonds is 3. The first kappa shape index (κ1) is 10.7. The van der Waals surface area contributed by atoms with Crippen molar-refractivity contribution in [2.45, 2.75) is 31.7 Å². The standard InChI is InChI=1S/C13H16N2O2/c14-6-9-3-1-2-4-10(9)7-15-11-5-12(13(15)16)17-8-11/h1-4,11-12H,5-8,14H2. The number of hydrogen-bond donors (Lipinski definition) is 1. The van der Waals surface area contributed by atoms with E-state index in [1.165, 1.54) is 0 Å². The first-order chi connectivity index (χ1) is 8.29. The van der Waals surface area contributed by atoms with Crippen molar-refractivity contribution in [2.75, 3.05) is 6.61 Å². The van der Waals surface area contributed by atoms with Gasteiger partial charge < -0.3 is 15.4 Å². The predicted octanol–water partition coefficient (Wildman–Crippen LogP) is 0.645. The van der Waals surface area contributed by atoms with Gasteiger partial charge in [-0.3, -0.25) is 4.79 Å². The van der Waals surface area contributed by atoms with Crippen LogP contribution >= 0.6 is 0 Å². The van der Waals surface area contributed by atoms with Crippen molar-refractivity contribution in [2.24, 2.45) is 5.73 Å². The van der Waals surface area contributed by atoms with Gasteiger partial charge in [0.05, 0.1) is 12.6 Å². The fourth-order valence-electron chi connectivity index (χ4n) is 2.67. The molecule has 2 heterocycles. The highest BCUT2D eigenvalue weighted by Gasteiger charge is 2.45. The molecule has 2 aliphatic rings. The number of ether oxygens (including phenoxy) is 1. The second-order valence-electron chi connectivity index (χ2n) is 4.65. The lowest BCUT2D eigenvalue weighted by atomic mass is 10.1. The third-order valence-corrected chi connectivity index (χ3v) is 3.65. The van der Waals surface area contributed by atoms with Gasteiger partial charge in [-0.2, -0.15) is 0 Å². The molecule has 0 aromatic heterocycles. The molecule has 2 bridgehead atoms. The summed E-state index contributed by atoms with van der Waals surface area (Å²) in [5, 5.41) is 0. The van der Waals surface area contributed by atoms with Crippen molar-refractivity contribution in [3.05, 3.63) is 35.4 Å². The number of amides is 1. The second kappa shape index (κ2) is 4.13. The van der Waals surface area contributed by atoms with Crippen molar-refractivity contribution < 1.29 is 9.53 Å². The minimum Gasteiger partial charge on any atom is -0.366 e. The van der Waals surface area contributed by atoms with Crippen LogP contribution in [-0.2, 0) is 22.6 Å². The van der Waals surface area contributed by atoms with E-state index >= 15 is 0 Å². The van der Waals surface area contributed by atoms with Crippen molar-refractivity contribution in [1.82, 2.24) is 4.90 Å². The maximum atomic E-state index is 11.9. The van der Waals surface area contributed by atoms with Crippen LogP contribution in [0.15, 0.2) is 24.3 Å². The molecular formula is C13H16N2O2.